The largest absolute Gasteiger partial charge is 0.496 e. The Morgan fingerprint density at radius 2 is 2.05 bits per heavy atom. The molecule has 0 saturated heterocycles. The lowest BCUT2D eigenvalue weighted by atomic mass is 10.2. The number of nitrogens with zero attached hydrogens (tertiary/aromatic N) is 2. The van der Waals surface area contributed by atoms with Crippen LogP contribution in [0.1, 0.15) is 19.4 Å². The SMILES string of the molecule is CCN(CC)CCNC(=O)CO/N=C/c1ccccc1OC. The number of rotatable bonds is 10. The van der Waals surface area contributed by atoms with Crippen LogP contribution in [0.15, 0.2) is 29.4 Å². The molecule has 0 atom stereocenters. The van der Waals surface area contributed by atoms with Crippen LogP contribution in [0.5, 0.6) is 5.75 Å². The molecule has 1 N–H and O–H groups in total. The summed E-state index contributed by atoms with van der Waals surface area (Å²) in [5, 5.41) is 6.59. The van der Waals surface area contributed by atoms with Crippen LogP contribution >= 0.6 is 0 Å². The molecule has 22 heavy (non-hydrogen) atoms. The van der Waals surface area contributed by atoms with Crippen LogP contribution in [-0.4, -0.2) is 56.9 Å². The minimum absolute atomic E-state index is 0.0934. The number of oxime groups is 1. The van der Waals surface area contributed by atoms with E-state index in [-0.39, 0.29) is 12.5 Å². The van der Waals surface area contributed by atoms with Crippen molar-refractivity contribution in [3.8, 4) is 5.75 Å². The predicted octanol–water partition coefficient (Wildman–Crippen LogP) is 1.50. The number of amides is 1. The first-order chi connectivity index (χ1) is 10.7. The van der Waals surface area contributed by atoms with Crippen LogP contribution in [-0.2, 0) is 9.63 Å². The smallest absolute Gasteiger partial charge is 0.260 e. The van der Waals surface area contributed by atoms with Gasteiger partial charge in [0, 0.05) is 18.7 Å². The van der Waals surface area contributed by atoms with Crippen molar-refractivity contribution >= 4 is 12.1 Å². The van der Waals surface area contributed by atoms with Gasteiger partial charge < -0.3 is 19.8 Å². The van der Waals surface area contributed by atoms with Gasteiger partial charge in [-0.1, -0.05) is 31.1 Å². The summed E-state index contributed by atoms with van der Waals surface area (Å²) in [6, 6.07) is 7.45. The van der Waals surface area contributed by atoms with Crippen molar-refractivity contribution < 1.29 is 14.4 Å². The van der Waals surface area contributed by atoms with Crippen LogP contribution in [0.4, 0.5) is 0 Å². The molecular formula is C16H25N3O3. The monoisotopic (exact) mass is 307 g/mol. The molecule has 0 unspecified atom stereocenters. The number of ether oxygens (including phenoxy) is 1. The Bertz CT molecular complexity index is 473. The molecule has 122 valence electrons. The number of para-hydroxylation sites is 1. The van der Waals surface area contributed by atoms with Crippen LogP contribution in [0.3, 0.4) is 0 Å². The van der Waals surface area contributed by atoms with E-state index in [1.807, 2.05) is 24.3 Å². The van der Waals surface area contributed by atoms with E-state index >= 15 is 0 Å². The van der Waals surface area contributed by atoms with Crippen molar-refractivity contribution in [3.05, 3.63) is 29.8 Å². The molecule has 0 fully saturated rings. The highest BCUT2D eigenvalue weighted by molar-refractivity contribution is 5.83. The van der Waals surface area contributed by atoms with Crippen LogP contribution < -0.4 is 10.1 Å². The van der Waals surface area contributed by atoms with Crippen molar-refractivity contribution in [1.82, 2.24) is 10.2 Å². The summed E-state index contributed by atoms with van der Waals surface area (Å²) in [5.74, 6) is 0.530. The van der Waals surface area contributed by atoms with E-state index in [1.54, 1.807) is 7.11 Å². The highest BCUT2D eigenvalue weighted by Crippen LogP contribution is 2.14. The molecule has 6 nitrogen and oxygen atoms in total. The maximum atomic E-state index is 11.6. The topological polar surface area (TPSA) is 63.2 Å². The van der Waals surface area contributed by atoms with Gasteiger partial charge in [-0.25, -0.2) is 0 Å². The molecule has 0 aliphatic carbocycles. The molecule has 1 amide bonds. The van der Waals surface area contributed by atoms with E-state index < -0.39 is 0 Å². The highest BCUT2D eigenvalue weighted by Gasteiger charge is 2.03. The molecule has 1 aromatic carbocycles. The molecule has 0 aliphatic rings. The van der Waals surface area contributed by atoms with E-state index in [4.69, 9.17) is 9.57 Å². The lowest BCUT2D eigenvalue weighted by Crippen LogP contribution is -2.36. The van der Waals surface area contributed by atoms with E-state index in [0.717, 1.165) is 25.2 Å². The van der Waals surface area contributed by atoms with E-state index in [9.17, 15) is 4.79 Å². The highest BCUT2D eigenvalue weighted by atomic mass is 16.6. The molecule has 0 bridgehead atoms. The molecule has 1 aromatic rings. The second-order valence-corrected chi connectivity index (χ2v) is 4.63. The molecular weight excluding hydrogens is 282 g/mol. The van der Waals surface area contributed by atoms with E-state index in [0.29, 0.717) is 12.3 Å². The average Bonchev–Trinajstić information content (AvgIpc) is 2.56. The zero-order valence-corrected chi connectivity index (χ0v) is 13.5. The summed E-state index contributed by atoms with van der Waals surface area (Å²) in [5.41, 5.74) is 0.798. The Labute approximate surface area is 132 Å². The van der Waals surface area contributed by atoms with Crippen LogP contribution in [0.25, 0.3) is 0 Å². The van der Waals surface area contributed by atoms with Crippen molar-refractivity contribution in [1.29, 1.82) is 0 Å². The normalized spacial score (nSPS) is 10.9. The molecule has 0 aromatic heterocycles. The van der Waals surface area contributed by atoms with Crippen molar-refractivity contribution in [2.75, 3.05) is 39.9 Å². The van der Waals surface area contributed by atoms with Gasteiger partial charge in [0.1, 0.15) is 5.75 Å². The summed E-state index contributed by atoms with van der Waals surface area (Å²) in [6.07, 6.45) is 1.53. The van der Waals surface area contributed by atoms with Gasteiger partial charge in [0.15, 0.2) is 6.61 Å². The number of benzene rings is 1. The Hall–Kier alpha value is -2.08. The molecule has 0 aliphatic heterocycles. The quantitative estimate of drug-likeness (QED) is 0.526. The Morgan fingerprint density at radius 1 is 1.32 bits per heavy atom. The molecule has 0 spiro atoms. The zero-order chi connectivity index (χ0) is 16.2. The number of hydrogen-bond acceptors (Lipinski definition) is 5. The minimum atomic E-state index is -0.177. The second kappa shape index (κ2) is 10.6. The molecule has 0 radical (unpaired) electrons. The summed E-state index contributed by atoms with van der Waals surface area (Å²) < 4.78 is 5.19. The number of likely N-dealkylation sites (N-methyl/N-ethyl adjacent to an activating group) is 1. The standard InChI is InChI=1S/C16H25N3O3/c1-4-19(5-2)11-10-17-16(20)13-22-18-12-14-8-6-7-9-15(14)21-3/h6-9,12H,4-5,10-11,13H2,1-3H3,(H,17,20)/b18-12+. The Kier molecular flexibility index (Phi) is 8.67. The van der Waals surface area contributed by atoms with Crippen LogP contribution in [0.2, 0.25) is 0 Å². The van der Waals surface area contributed by atoms with E-state index in [2.05, 4.69) is 29.2 Å². The number of carbonyl (C=O) groups is 1. The average molecular weight is 307 g/mol. The minimum Gasteiger partial charge on any atom is -0.496 e. The summed E-state index contributed by atoms with van der Waals surface area (Å²) in [6.45, 7) is 7.51. The number of carbonyl (C=O) groups excluding carboxylic acids is 1. The lowest BCUT2D eigenvalue weighted by Gasteiger charge is -2.17. The van der Waals surface area contributed by atoms with Gasteiger partial charge in [0.05, 0.1) is 13.3 Å². The van der Waals surface area contributed by atoms with Gasteiger partial charge in [-0.15, -0.1) is 0 Å². The van der Waals surface area contributed by atoms with E-state index in [1.165, 1.54) is 6.21 Å². The fourth-order valence-electron chi connectivity index (χ4n) is 1.91. The number of hydrogen-bond donors (Lipinski definition) is 1. The number of methoxy groups -OCH3 is 1. The summed E-state index contributed by atoms with van der Waals surface area (Å²) in [7, 11) is 1.59. The fraction of sp³-hybridized carbons (Fsp3) is 0.500. The third-order valence-corrected chi connectivity index (χ3v) is 3.25. The summed E-state index contributed by atoms with van der Waals surface area (Å²) >= 11 is 0. The molecule has 1 rings (SSSR count). The second-order valence-electron chi connectivity index (χ2n) is 4.63. The molecule has 0 heterocycles. The lowest BCUT2D eigenvalue weighted by molar-refractivity contribution is -0.125. The van der Waals surface area contributed by atoms with Gasteiger partial charge >= 0.3 is 0 Å². The van der Waals surface area contributed by atoms with Crippen molar-refractivity contribution in [2.45, 2.75) is 13.8 Å². The Balaban J connectivity index is 2.26. The van der Waals surface area contributed by atoms with Crippen molar-refractivity contribution in [2.24, 2.45) is 5.16 Å². The predicted molar refractivity (Wildman–Crippen MR) is 87.3 cm³/mol. The maximum absolute atomic E-state index is 11.6. The first-order valence-electron chi connectivity index (χ1n) is 7.48. The van der Waals surface area contributed by atoms with Crippen molar-refractivity contribution in [3.63, 3.8) is 0 Å². The third-order valence-electron chi connectivity index (χ3n) is 3.25. The first kappa shape index (κ1) is 18.0. The Morgan fingerprint density at radius 3 is 2.73 bits per heavy atom. The van der Waals surface area contributed by atoms with Gasteiger partial charge in [-0.2, -0.15) is 0 Å². The van der Waals surface area contributed by atoms with Gasteiger partial charge in [-0.3, -0.25) is 4.79 Å². The molecule has 0 saturated carbocycles. The molecule has 6 heteroatoms. The van der Waals surface area contributed by atoms with Gasteiger partial charge in [0.25, 0.3) is 5.91 Å². The maximum Gasteiger partial charge on any atom is 0.260 e. The number of nitrogens with one attached hydrogen (secondary N) is 1. The summed E-state index contributed by atoms with van der Waals surface area (Å²) in [4.78, 5) is 18.8. The van der Waals surface area contributed by atoms with Gasteiger partial charge in [-0.05, 0) is 25.2 Å². The zero-order valence-electron chi connectivity index (χ0n) is 13.5. The van der Waals surface area contributed by atoms with Crippen LogP contribution in [0, 0.1) is 0 Å². The van der Waals surface area contributed by atoms with Gasteiger partial charge in [0.2, 0.25) is 0 Å². The third kappa shape index (κ3) is 6.58. The first-order valence-corrected chi connectivity index (χ1v) is 7.48. The fourth-order valence-corrected chi connectivity index (χ4v) is 1.91.